The number of aromatic nitrogens is 7. The summed E-state index contributed by atoms with van der Waals surface area (Å²) < 4.78 is 47.7. The summed E-state index contributed by atoms with van der Waals surface area (Å²) in [5.74, 6) is 1.12. The monoisotopic (exact) mass is 552 g/mol. The Bertz CT molecular complexity index is 1290. The molecule has 1 fully saturated rings. The molecule has 4 rings (SSSR count). The number of sulfonamides is 1. The summed E-state index contributed by atoms with van der Waals surface area (Å²) in [7, 11) is 0.192. The summed E-state index contributed by atoms with van der Waals surface area (Å²) in [6, 6.07) is 0. The number of nitrogens with one attached hydrogen (secondary N) is 1. The molecule has 0 amide bonds. The summed E-state index contributed by atoms with van der Waals surface area (Å²) in [5.41, 5.74) is 0.299. The van der Waals surface area contributed by atoms with Crippen LogP contribution >= 0.6 is 11.6 Å². The first-order chi connectivity index (χ1) is 17.8. The van der Waals surface area contributed by atoms with Crippen LogP contribution in [0.3, 0.4) is 0 Å². The molecule has 0 radical (unpaired) electrons. The van der Waals surface area contributed by atoms with Crippen molar-refractivity contribution < 1.29 is 22.6 Å². The molecule has 1 N–H and O–H groups in total. The zero-order valence-corrected chi connectivity index (χ0v) is 22.5. The van der Waals surface area contributed by atoms with Gasteiger partial charge in [-0.1, -0.05) is 30.9 Å². The average Bonchev–Trinajstić information content (AvgIpc) is 3.32. The molecule has 15 heteroatoms. The topological polar surface area (TPSA) is 156 Å². The van der Waals surface area contributed by atoms with Crippen molar-refractivity contribution in [2.45, 2.75) is 56.3 Å². The van der Waals surface area contributed by atoms with Crippen molar-refractivity contribution >= 4 is 27.6 Å². The number of hydrogen-bond acceptors (Lipinski definition) is 11. The molecule has 0 spiro atoms. The fourth-order valence-corrected chi connectivity index (χ4v) is 5.63. The largest absolute Gasteiger partial charge is 0.479 e. The van der Waals surface area contributed by atoms with Gasteiger partial charge in [0.2, 0.25) is 27.7 Å². The van der Waals surface area contributed by atoms with E-state index in [4.69, 9.17) is 25.8 Å². The van der Waals surface area contributed by atoms with Crippen molar-refractivity contribution in [3.63, 3.8) is 0 Å². The molecule has 3 aromatic rings. The zero-order valence-electron chi connectivity index (χ0n) is 21.0. The Hall–Kier alpha value is -3.10. The zero-order chi connectivity index (χ0) is 26.6. The molecule has 1 saturated carbocycles. The van der Waals surface area contributed by atoms with E-state index < -0.39 is 21.4 Å². The van der Waals surface area contributed by atoms with Gasteiger partial charge >= 0.3 is 0 Å². The molecule has 0 bridgehead atoms. The summed E-state index contributed by atoms with van der Waals surface area (Å²) in [6.45, 7) is 1.49. The van der Waals surface area contributed by atoms with Crippen LogP contribution in [0.2, 0.25) is 5.02 Å². The second-order valence-corrected chi connectivity index (χ2v) is 11.0. The Kier molecular flexibility index (Phi) is 8.39. The van der Waals surface area contributed by atoms with Crippen LogP contribution in [0.4, 0.5) is 5.95 Å². The first kappa shape index (κ1) is 26.9. The smallest absolute Gasteiger partial charge is 0.245 e. The maximum absolute atomic E-state index is 13.6. The van der Waals surface area contributed by atoms with Crippen molar-refractivity contribution in [3.8, 4) is 17.4 Å². The van der Waals surface area contributed by atoms with Crippen LogP contribution in [-0.4, -0.2) is 69.7 Å². The Balaban J connectivity index is 1.78. The number of ether oxygens (including phenoxy) is 3. The van der Waals surface area contributed by atoms with Gasteiger partial charge in [0.05, 0.1) is 19.2 Å². The van der Waals surface area contributed by atoms with Crippen LogP contribution in [0, 0.1) is 0 Å². The summed E-state index contributed by atoms with van der Waals surface area (Å²) in [5, 5.41) is 7.82. The molecule has 1 aliphatic carbocycles. The second kappa shape index (κ2) is 11.5. The first-order valence-corrected chi connectivity index (χ1v) is 13.6. The van der Waals surface area contributed by atoms with Crippen molar-refractivity contribution in [3.05, 3.63) is 35.4 Å². The molecule has 2 unspecified atom stereocenters. The van der Waals surface area contributed by atoms with E-state index in [1.807, 2.05) is 0 Å². The Labute approximate surface area is 220 Å². The number of rotatable bonds is 10. The van der Waals surface area contributed by atoms with Gasteiger partial charge in [0.15, 0.2) is 11.5 Å². The van der Waals surface area contributed by atoms with Crippen LogP contribution < -0.4 is 14.2 Å². The quantitative estimate of drug-likeness (QED) is 0.394. The summed E-state index contributed by atoms with van der Waals surface area (Å²) >= 11 is 5.88. The Morgan fingerprint density at radius 3 is 2.19 bits per heavy atom. The van der Waals surface area contributed by atoms with Gasteiger partial charge in [-0.05, 0) is 19.8 Å². The molecular formula is C22H29ClN8O5S. The lowest BCUT2D eigenvalue weighted by molar-refractivity contribution is 0.0950. The molecule has 2 atom stereocenters. The van der Waals surface area contributed by atoms with E-state index >= 15 is 0 Å². The van der Waals surface area contributed by atoms with Gasteiger partial charge in [-0.3, -0.25) is 9.29 Å². The van der Waals surface area contributed by atoms with Gasteiger partial charge in [-0.2, -0.15) is 9.97 Å². The predicted octanol–water partition coefficient (Wildman–Crippen LogP) is 3.08. The van der Waals surface area contributed by atoms with Gasteiger partial charge in [0, 0.05) is 25.4 Å². The highest BCUT2D eigenvalue weighted by Gasteiger charge is 2.36. The highest BCUT2D eigenvalue weighted by molar-refractivity contribution is 7.93. The van der Waals surface area contributed by atoms with Crippen LogP contribution in [0.1, 0.15) is 62.7 Å². The molecule has 1 aliphatic rings. The fourth-order valence-electron chi connectivity index (χ4n) is 4.40. The molecule has 3 heterocycles. The van der Waals surface area contributed by atoms with E-state index in [2.05, 4.69) is 34.9 Å². The molecule has 200 valence electrons. The molecule has 0 aliphatic heterocycles. The van der Waals surface area contributed by atoms with E-state index in [1.54, 1.807) is 4.57 Å². The van der Waals surface area contributed by atoms with Gasteiger partial charge in [-0.15, -0.1) is 10.2 Å². The van der Waals surface area contributed by atoms with Crippen molar-refractivity contribution in [2.75, 3.05) is 26.1 Å². The van der Waals surface area contributed by atoms with Crippen molar-refractivity contribution in [2.24, 2.45) is 0 Å². The molecule has 0 saturated heterocycles. The molecule has 0 aromatic carbocycles. The lowest BCUT2D eigenvalue weighted by atomic mass is 9.88. The lowest BCUT2D eigenvalue weighted by Gasteiger charge is -2.24. The Morgan fingerprint density at radius 2 is 1.62 bits per heavy atom. The van der Waals surface area contributed by atoms with Gasteiger partial charge < -0.3 is 14.2 Å². The van der Waals surface area contributed by atoms with Crippen LogP contribution in [-0.2, 0) is 14.8 Å². The number of anilines is 1. The lowest BCUT2D eigenvalue weighted by Crippen LogP contribution is -2.33. The number of halogens is 1. The third-order valence-electron chi connectivity index (χ3n) is 6.32. The number of hydrogen-bond donors (Lipinski definition) is 1. The standard InChI is InChI=1S/C22H29ClN8O5S/c1-13(17(34-2)18-24-10-15(23)11-25-18)37(32,33)30-22-29-28-19(14-8-6-5-7-9-14)31(22)16-20(35-3)26-12-27-21(16)36-4/h10-14,17H,5-9H2,1-4H3,(H,29,30). The van der Waals surface area contributed by atoms with E-state index in [0.717, 1.165) is 32.1 Å². The van der Waals surface area contributed by atoms with Crippen LogP contribution in [0.25, 0.3) is 5.69 Å². The molecule has 13 nitrogen and oxygen atoms in total. The van der Waals surface area contributed by atoms with Crippen molar-refractivity contribution in [1.82, 2.24) is 34.7 Å². The normalized spacial score (nSPS) is 16.2. The predicted molar refractivity (Wildman–Crippen MR) is 135 cm³/mol. The van der Waals surface area contributed by atoms with Crippen LogP contribution in [0.5, 0.6) is 11.8 Å². The highest BCUT2D eigenvalue weighted by Crippen LogP contribution is 2.38. The van der Waals surface area contributed by atoms with Gasteiger partial charge in [0.1, 0.15) is 23.5 Å². The SMILES string of the molecule is COc1ncnc(OC)c1-n1c(NS(=O)(=O)C(C)C(OC)c2ncc(Cl)cn2)nnc1C1CCCCC1. The minimum absolute atomic E-state index is 0.0503. The number of methoxy groups -OCH3 is 3. The summed E-state index contributed by atoms with van der Waals surface area (Å²) in [4.78, 5) is 16.6. The average molecular weight is 553 g/mol. The molecule has 37 heavy (non-hydrogen) atoms. The number of nitrogens with zero attached hydrogens (tertiary/aromatic N) is 7. The van der Waals surface area contributed by atoms with Gasteiger partial charge in [0.25, 0.3) is 0 Å². The second-order valence-electron chi connectivity index (χ2n) is 8.56. The van der Waals surface area contributed by atoms with E-state index in [-0.39, 0.29) is 29.5 Å². The fraction of sp³-hybridized carbons (Fsp3) is 0.545. The molecule has 3 aromatic heterocycles. The Morgan fingerprint density at radius 1 is 1.00 bits per heavy atom. The third-order valence-corrected chi connectivity index (χ3v) is 8.21. The highest BCUT2D eigenvalue weighted by atomic mass is 35.5. The van der Waals surface area contributed by atoms with Crippen molar-refractivity contribution in [1.29, 1.82) is 0 Å². The first-order valence-electron chi connectivity index (χ1n) is 11.7. The maximum atomic E-state index is 13.6. The van der Waals surface area contributed by atoms with Gasteiger partial charge in [-0.25, -0.2) is 18.4 Å². The minimum atomic E-state index is -4.10. The van der Waals surface area contributed by atoms with E-state index in [1.165, 1.54) is 47.0 Å². The van der Waals surface area contributed by atoms with E-state index in [9.17, 15) is 8.42 Å². The molecular weight excluding hydrogens is 524 g/mol. The van der Waals surface area contributed by atoms with E-state index in [0.29, 0.717) is 16.5 Å². The summed E-state index contributed by atoms with van der Waals surface area (Å²) in [6.07, 6.45) is 8.05. The minimum Gasteiger partial charge on any atom is -0.479 e. The maximum Gasteiger partial charge on any atom is 0.245 e. The third kappa shape index (κ3) is 5.60. The van der Waals surface area contributed by atoms with Crippen LogP contribution in [0.15, 0.2) is 18.7 Å².